The highest BCUT2D eigenvalue weighted by Gasteiger charge is 2.48. The first-order valence-corrected chi connectivity index (χ1v) is 10.3. The third-order valence-corrected chi connectivity index (χ3v) is 6.96. The molecular weight excluding hydrogens is 330 g/mol. The van der Waals surface area contributed by atoms with Crippen molar-refractivity contribution in [2.75, 3.05) is 13.1 Å². The minimum Gasteiger partial charge on any atom is -0.591 e. The molecule has 0 bridgehead atoms. The molecule has 1 spiro atoms. The fourth-order valence-electron chi connectivity index (χ4n) is 3.91. The van der Waals surface area contributed by atoms with Gasteiger partial charge in [0.2, 0.25) is 0 Å². The molecule has 2 aliphatic rings. The molecule has 1 saturated heterocycles. The van der Waals surface area contributed by atoms with E-state index in [1.807, 2.05) is 33.2 Å². The molecule has 5 heteroatoms. The summed E-state index contributed by atoms with van der Waals surface area (Å²) in [5.41, 5.74) is 3.68. The van der Waals surface area contributed by atoms with Crippen LogP contribution in [0.25, 0.3) is 0 Å². The summed E-state index contributed by atoms with van der Waals surface area (Å²) >= 11 is -1.24. The molecule has 4 nitrogen and oxygen atoms in total. The fourth-order valence-corrected chi connectivity index (χ4v) is 4.64. The van der Waals surface area contributed by atoms with Gasteiger partial charge in [-0.3, -0.25) is 9.88 Å². The molecule has 0 N–H and O–H groups in total. The largest absolute Gasteiger partial charge is 0.591 e. The molecule has 0 saturated carbocycles. The van der Waals surface area contributed by atoms with Gasteiger partial charge in [0.15, 0.2) is 0 Å². The van der Waals surface area contributed by atoms with E-state index in [-0.39, 0.29) is 15.7 Å². The smallest absolute Gasteiger partial charge is 0.144 e. The predicted molar refractivity (Wildman–Crippen MR) is 105 cm³/mol. The van der Waals surface area contributed by atoms with E-state index in [0.29, 0.717) is 0 Å². The van der Waals surface area contributed by atoms with Gasteiger partial charge in [0.1, 0.15) is 21.8 Å². The fraction of sp³-hybridized carbons (Fsp3) is 0.700. The topological polar surface area (TPSA) is 51.5 Å². The lowest BCUT2D eigenvalue weighted by molar-refractivity contribution is 0.0721. The molecule has 138 valence electrons. The number of hydrogen-bond donors (Lipinski definition) is 0. The zero-order chi connectivity index (χ0) is 18.5. The molecular formula is C20H31N3OS. The summed E-state index contributed by atoms with van der Waals surface area (Å²) in [5.74, 6) is 0. The van der Waals surface area contributed by atoms with Crippen LogP contribution in [0, 0.1) is 5.41 Å². The Morgan fingerprint density at radius 2 is 1.80 bits per heavy atom. The maximum Gasteiger partial charge on any atom is 0.144 e. The van der Waals surface area contributed by atoms with Gasteiger partial charge in [-0.25, -0.2) is 0 Å². The standard InChI is InChI=1S/C20H31N3OS/c1-18(2,3)23-11-8-20(9-12-23)13-15-7-10-21-14-16(15)17(20)22-25(24)19(4,5)6/h7,10,14H,8-9,11-13H2,1-6H3. The monoisotopic (exact) mass is 361 g/mol. The van der Waals surface area contributed by atoms with E-state index in [0.717, 1.165) is 43.6 Å². The second kappa shape index (κ2) is 6.36. The van der Waals surface area contributed by atoms with Crippen molar-refractivity contribution in [3.8, 4) is 0 Å². The van der Waals surface area contributed by atoms with E-state index in [2.05, 4.69) is 36.7 Å². The van der Waals surface area contributed by atoms with Gasteiger partial charge in [0.25, 0.3) is 0 Å². The van der Waals surface area contributed by atoms with Crippen molar-refractivity contribution in [1.82, 2.24) is 9.88 Å². The SMILES string of the molecule is CC(C)(C)N1CCC2(CC1)Cc1ccncc1C2=N[S+]([O-])C(C)(C)C. The number of aromatic nitrogens is 1. The number of fused-ring (bicyclic) bond motifs is 1. The summed E-state index contributed by atoms with van der Waals surface area (Å²) in [6.45, 7) is 14.9. The number of nitrogens with zero attached hydrogens (tertiary/aromatic N) is 3. The van der Waals surface area contributed by atoms with Crippen LogP contribution in [0.3, 0.4) is 0 Å². The number of rotatable bonds is 1. The molecule has 1 aromatic heterocycles. The second-order valence-electron chi connectivity index (χ2n) is 9.45. The van der Waals surface area contributed by atoms with Crippen molar-refractivity contribution in [1.29, 1.82) is 0 Å². The first kappa shape index (κ1) is 18.9. The van der Waals surface area contributed by atoms with Gasteiger partial charge in [-0.15, -0.1) is 0 Å². The molecule has 25 heavy (non-hydrogen) atoms. The van der Waals surface area contributed by atoms with Gasteiger partial charge in [0, 0.05) is 28.9 Å². The highest BCUT2D eigenvalue weighted by molar-refractivity contribution is 7.91. The van der Waals surface area contributed by atoms with E-state index in [1.165, 1.54) is 5.56 Å². The third-order valence-electron chi connectivity index (χ3n) is 5.56. The Bertz CT molecular complexity index is 664. The van der Waals surface area contributed by atoms with Crippen LogP contribution < -0.4 is 0 Å². The Morgan fingerprint density at radius 3 is 2.36 bits per heavy atom. The normalized spacial score (nSPS) is 23.9. The average Bonchev–Trinajstić information content (AvgIpc) is 2.79. The van der Waals surface area contributed by atoms with Crippen molar-refractivity contribution in [2.24, 2.45) is 9.81 Å². The predicted octanol–water partition coefficient (Wildman–Crippen LogP) is 3.77. The van der Waals surface area contributed by atoms with Crippen LogP contribution in [0.4, 0.5) is 0 Å². The molecule has 1 aromatic rings. The second-order valence-corrected chi connectivity index (χ2v) is 11.4. The molecule has 1 aliphatic carbocycles. The number of likely N-dealkylation sites (tertiary alicyclic amines) is 1. The van der Waals surface area contributed by atoms with Gasteiger partial charge in [-0.1, -0.05) is 4.40 Å². The summed E-state index contributed by atoms with van der Waals surface area (Å²) < 4.78 is 17.2. The van der Waals surface area contributed by atoms with E-state index in [1.54, 1.807) is 0 Å². The van der Waals surface area contributed by atoms with Gasteiger partial charge >= 0.3 is 0 Å². The van der Waals surface area contributed by atoms with Crippen LogP contribution in [-0.2, 0) is 17.8 Å². The third kappa shape index (κ3) is 3.64. The Balaban J connectivity index is 1.96. The average molecular weight is 362 g/mol. The number of pyridine rings is 1. The lowest BCUT2D eigenvalue weighted by Crippen LogP contribution is -2.50. The maximum atomic E-state index is 12.8. The van der Waals surface area contributed by atoms with E-state index in [9.17, 15) is 4.55 Å². The van der Waals surface area contributed by atoms with E-state index in [4.69, 9.17) is 4.40 Å². The number of hydrogen-bond acceptors (Lipinski definition) is 4. The molecule has 1 atom stereocenters. The van der Waals surface area contributed by atoms with Crippen molar-refractivity contribution >= 4 is 17.1 Å². The highest BCUT2D eigenvalue weighted by Crippen LogP contribution is 2.46. The summed E-state index contributed by atoms with van der Waals surface area (Å²) in [5, 5.41) is 0. The molecule has 0 aromatic carbocycles. The Kier molecular flexibility index (Phi) is 4.80. The molecule has 1 aliphatic heterocycles. The lowest BCUT2D eigenvalue weighted by Gasteiger charge is -2.45. The minimum absolute atomic E-state index is 0.0219. The highest BCUT2D eigenvalue weighted by atomic mass is 32.2. The Morgan fingerprint density at radius 1 is 1.16 bits per heavy atom. The van der Waals surface area contributed by atoms with Gasteiger partial charge in [-0.2, -0.15) is 0 Å². The first-order chi connectivity index (χ1) is 11.5. The van der Waals surface area contributed by atoms with Crippen LogP contribution in [0.5, 0.6) is 0 Å². The van der Waals surface area contributed by atoms with Crippen molar-refractivity contribution in [2.45, 2.75) is 71.1 Å². The number of piperidine rings is 1. The van der Waals surface area contributed by atoms with Crippen molar-refractivity contribution in [3.63, 3.8) is 0 Å². The van der Waals surface area contributed by atoms with Crippen LogP contribution >= 0.6 is 0 Å². The van der Waals surface area contributed by atoms with Crippen LogP contribution in [0.15, 0.2) is 22.9 Å². The molecule has 3 rings (SSSR count). The molecule has 1 fully saturated rings. The summed E-state index contributed by atoms with van der Waals surface area (Å²) in [6, 6.07) is 2.11. The van der Waals surface area contributed by atoms with Crippen LogP contribution in [-0.4, -0.2) is 43.5 Å². The van der Waals surface area contributed by atoms with E-state index >= 15 is 0 Å². The van der Waals surface area contributed by atoms with Gasteiger partial charge in [0.05, 0.1) is 0 Å². The molecule has 0 amide bonds. The van der Waals surface area contributed by atoms with Crippen LogP contribution in [0.2, 0.25) is 0 Å². The first-order valence-electron chi connectivity index (χ1n) is 9.22. The molecule has 1 unspecified atom stereocenters. The van der Waals surface area contributed by atoms with Gasteiger partial charge < -0.3 is 4.55 Å². The molecule has 2 heterocycles. The summed E-state index contributed by atoms with van der Waals surface area (Å²) in [6.07, 6.45) is 6.92. The maximum absolute atomic E-state index is 12.8. The summed E-state index contributed by atoms with van der Waals surface area (Å²) in [4.78, 5) is 6.87. The minimum atomic E-state index is -1.24. The van der Waals surface area contributed by atoms with E-state index < -0.39 is 11.4 Å². The summed E-state index contributed by atoms with van der Waals surface area (Å²) in [7, 11) is 0. The van der Waals surface area contributed by atoms with Crippen molar-refractivity contribution < 1.29 is 4.55 Å². The van der Waals surface area contributed by atoms with Crippen molar-refractivity contribution in [3.05, 3.63) is 29.6 Å². The Hall–Kier alpha value is -0.910. The zero-order valence-corrected chi connectivity index (χ0v) is 17.2. The zero-order valence-electron chi connectivity index (χ0n) is 16.4. The van der Waals surface area contributed by atoms with Crippen LogP contribution in [0.1, 0.15) is 65.5 Å². The van der Waals surface area contributed by atoms with Gasteiger partial charge in [-0.05, 0) is 85.5 Å². The quantitative estimate of drug-likeness (QED) is 0.716. The lowest BCUT2D eigenvalue weighted by atomic mass is 9.74. The molecule has 0 radical (unpaired) electrons. The Labute approximate surface area is 155 Å².